The Morgan fingerprint density at radius 3 is 1.62 bits per heavy atom. The van der Waals surface area contributed by atoms with Gasteiger partial charge in [0.1, 0.15) is 6.61 Å². The fourth-order valence-corrected chi connectivity index (χ4v) is 2.28. The van der Waals surface area contributed by atoms with Gasteiger partial charge in [0.15, 0.2) is 0 Å². The maximum Gasteiger partial charge on any atom is 0.245 e. The van der Waals surface area contributed by atoms with Gasteiger partial charge in [0.2, 0.25) is 11.8 Å². The Hall–Kier alpha value is -1.10. The lowest BCUT2D eigenvalue weighted by molar-refractivity contribution is -0.124. The van der Waals surface area contributed by atoms with E-state index in [-0.39, 0.29) is 22.6 Å². The number of aliphatic hydroxyl groups excluding tert-OH is 1. The van der Waals surface area contributed by atoms with Gasteiger partial charge in [-0.2, -0.15) is 0 Å². The second-order valence-corrected chi connectivity index (χ2v) is 6.57. The van der Waals surface area contributed by atoms with Gasteiger partial charge in [0.25, 0.3) is 0 Å². The number of rotatable bonds is 8. The molecule has 21 heavy (non-hydrogen) atoms. The molecule has 0 bridgehead atoms. The normalized spacial score (nSPS) is 11.2. The highest BCUT2D eigenvalue weighted by Gasteiger charge is 2.29. The largest absolute Gasteiger partial charge is 0.387 e. The van der Waals surface area contributed by atoms with E-state index in [0.29, 0.717) is 19.5 Å². The molecule has 5 nitrogen and oxygen atoms in total. The average Bonchev–Trinajstić information content (AvgIpc) is 2.43. The zero-order valence-electron chi connectivity index (χ0n) is 14.8. The number of carbonyl (C=O) groups excluding carboxylic acids is 2. The Morgan fingerprint density at radius 1 is 0.905 bits per heavy atom. The fourth-order valence-electron chi connectivity index (χ4n) is 2.28. The molecule has 0 radical (unpaired) electrons. The smallest absolute Gasteiger partial charge is 0.245 e. The molecule has 0 unspecified atom stereocenters. The van der Waals surface area contributed by atoms with E-state index < -0.39 is 6.61 Å². The van der Waals surface area contributed by atoms with E-state index in [1.54, 1.807) is 0 Å². The van der Waals surface area contributed by atoms with Crippen LogP contribution in [0.1, 0.15) is 61.3 Å². The first-order valence-corrected chi connectivity index (χ1v) is 7.76. The first-order chi connectivity index (χ1) is 9.62. The summed E-state index contributed by atoms with van der Waals surface area (Å²) in [6.07, 6.45) is 1.35. The number of aliphatic hydroxyl groups is 1. The third-order valence-corrected chi connectivity index (χ3v) is 2.95. The third-order valence-electron chi connectivity index (χ3n) is 2.95. The first-order valence-electron chi connectivity index (χ1n) is 7.76. The van der Waals surface area contributed by atoms with Gasteiger partial charge in [-0.3, -0.25) is 9.59 Å². The molecule has 0 aliphatic carbocycles. The van der Waals surface area contributed by atoms with Crippen molar-refractivity contribution in [1.29, 1.82) is 0 Å². The van der Waals surface area contributed by atoms with E-state index in [4.69, 9.17) is 5.11 Å². The monoisotopic (exact) mass is 302 g/mol. The van der Waals surface area contributed by atoms with E-state index in [0.717, 1.165) is 6.42 Å². The summed E-state index contributed by atoms with van der Waals surface area (Å²) in [5.74, 6) is -0.301. The zero-order valence-corrected chi connectivity index (χ0v) is 14.8. The van der Waals surface area contributed by atoms with Gasteiger partial charge in [-0.05, 0) is 17.3 Å². The molecule has 0 aromatic rings. The molecule has 5 heteroatoms. The van der Waals surface area contributed by atoms with Crippen molar-refractivity contribution >= 4 is 11.8 Å². The van der Waals surface area contributed by atoms with Crippen LogP contribution in [0.3, 0.4) is 0 Å². The van der Waals surface area contributed by atoms with Crippen LogP contribution in [0, 0.1) is 10.8 Å². The predicted molar refractivity (Wildman–Crippen MR) is 86.9 cm³/mol. The molecule has 0 heterocycles. The molecule has 0 aliphatic heterocycles. The van der Waals surface area contributed by atoms with Gasteiger partial charge in [-0.1, -0.05) is 48.5 Å². The van der Waals surface area contributed by atoms with Gasteiger partial charge >= 0.3 is 0 Å². The molecule has 0 aromatic carbocycles. The molecule has 0 aromatic heterocycles. The van der Waals surface area contributed by atoms with Gasteiger partial charge in [-0.25, -0.2) is 0 Å². The summed E-state index contributed by atoms with van der Waals surface area (Å²) in [4.78, 5) is 22.3. The van der Waals surface area contributed by atoms with Crippen molar-refractivity contribution in [1.82, 2.24) is 10.6 Å². The molecule has 0 saturated heterocycles. The average molecular weight is 302 g/mol. The lowest BCUT2D eigenvalue weighted by Crippen LogP contribution is -2.41. The third kappa shape index (κ3) is 12.4. The molecule has 0 rings (SSSR count). The number of carbonyl (C=O) groups is 2. The topological polar surface area (TPSA) is 78.4 Å². The molecule has 0 saturated carbocycles. The Bertz CT molecular complexity index is 283. The molecular weight excluding hydrogens is 268 g/mol. The van der Waals surface area contributed by atoms with E-state index in [2.05, 4.69) is 38.3 Å². The minimum atomic E-state index is -0.480. The Balaban J connectivity index is 0. The highest BCUT2D eigenvalue weighted by Crippen LogP contribution is 2.32. The second-order valence-electron chi connectivity index (χ2n) is 6.57. The molecule has 0 fully saturated rings. The predicted octanol–water partition coefficient (Wildman–Crippen LogP) is 2.09. The maximum absolute atomic E-state index is 11.3. The van der Waals surface area contributed by atoms with E-state index in [1.807, 2.05) is 20.8 Å². The molecule has 0 atom stereocenters. The highest BCUT2D eigenvalue weighted by atomic mass is 16.3. The fraction of sp³-hybridized carbons (Fsp3) is 0.875. The van der Waals surface area contributed by atoms with Crippen LogP contribution in [0.5, 0.6) is 0 Å². The minimum absolute atomic E-state index is 0.0434. The number of amides is 2. The Kier molecular flexibility index (Phi) is 11.2. The van der Waals surface area contributed by atoms with Crippen molar-refractivity contribution in [2.75, 3.05) is 19.7 Å². The van der Waals surface area contributed by atoms with Gasteiger partial charge in [-0.15, -0.1) is 0 Å². The van der Waals surface area contributed by atoms with E-state index in [1.165, 1.54) is 0 Å². The van der Waals surface area contributed by atoms with Crippen LogP contribution < -0.4 is 10.6 Å². The van der Waals surface area contributed by atoms with Gasteiger partial charge < -0.3 is 15.7 Å². The van der Waals surface area contributed by atoms with Crippen molar-refractivity contribution in [2.45, 2.75) is 61.3 Å². The molecule has 0 spiro atoms. The molecule has 126 valence electrons. The quantitative estimate of drug-likeness (QED) is 0.642. The van der Waals surface area contributed by atoms with Crippen LogP contribution in [0.2, 0.25) is 0 Å². The molecule has 2 amide bonds. The second kappa shape index (κ2) is 10.6. The summed E-state index contributed by atoms with van der Waals surface area (Å²) < 4.78 is 0. The summed E-state index contributed by atoms with van der Waals surface area (Å²) in [6.45, 7) is 14.8. The number of hydrogen-bond donors (Lipinski definition) is 3. The molecular formula is C16H34N2O3. The van der Waals surface area contributed by atoms with Crippen LogP contribution in [-0.2, 0) is 9.59 Å². The van der Waals surface area contributed by atoms with Crippen LogP contribution in [0.4, 0.5) is 0 Å². The number of hydrogen-bond acceptors (Lipinski definition) is 3. The standard InChI is InChI=1S/C14H28N2O3.C2H6/c1-6-11(18)15-9-13(2,3)8-14(4,5)10-16-12(19)7-17;1-2/h17H,6-10H2,1-5H3,(H,15,18)(H,16,19);1-2H3. The molecule has 0 aliphatic rings. The van der Waals surface area contributed by atoms with Crippen molar-refractivity contribution in [2.24, 2.45) is 10.8 Å². The molecule has 3 N–H and O–H groups in total. The van der Waals surface area contributed by atoms with Crippen LogP contribution >= 0.6 is 0 Å². The van der Waals surface area contributed by atoms with Gasteiger partial charge in [0, 0.05) is 19.5 Å². The Morgan fingerprint density at radius 2 is 1.29 bits per heavy atom. The van der Waals surface area contributed by atoms with Crippen molar-refractivity contribution in [3.8, 4) is 0 Å². The van der Waals surface area contributed by atoms with Crippen molar-refractivity contribution in [3.63, 3.8) is 0 Å². The van der Waals surface area contributed by atoms with Gasteiger partial charge in [0.05, 0.1) is 0 Å². The SMILES string of the molecule is CC.CCC(=O)NCC(C)(C)CC(C)(C)CNC(=O)CO. The number of nitrogens with one attached hydrogen (secondary N) is 2. The zero-order chi connectivity index (χ0) is 17.1. The van der Waals surface area contributed by atoms with Crippen molar-refractivity contribution in [3.05, 3.63) is 0 Å². The maximum atomic E-state index is 11.3. The highest BCUT2D eigenvalue weighted by molar-refractivity contribution is 5.76. The van der Waals surface area contributed by atoms with Crippen LogP contribution in [-0.4, -0.2) is 36.6 Å². The summed E-state index contributed by atoms with van der Waals surface area (Å²) in [5, 5.41) is 14.3. The lowest BCUT2D eigenvalue weighted by Gasteiger charge is -2.35. The van der Waals surface area contributed by atoms with Crippen molar-refractivity contribution < 1.29 is 14.7 Å². The minimum Gasteiger partial charge on any atom is -0.387 e. The summed E-state index contributed by atoms with van der Waals surface area (Å²) >= 11 is 0. The summed E-state index contributed by atoms with van der Waals surface area (Å²) in [6, 6.07) is 0. The van der Waals surface area contributed by atoms with E-state index >= 15 is 0 Å². The van der Waals surface area contributed by atoms with Crippen LogP contribution in [0.25, 0.3) is 0 Å². The first kappa shape index (κ1) is 22.2. The summed E-state index contributed by atoms with van der Waals surface area (Å²) in [7, 11) is 0. The van der Waals surface area contributed by atoms with Crippen LogP contribution in [0.15, 0.2) is 0 Å². The summed E-state index contributed by atoms with van der Waals surface area (Å²) in [5.41, 5.74) is -0.135. The Labute approximate surface area is 129 Å². The lowest BCUT2D eigenvalue weighted by atomic mass is 9.75. The van der Waals surface area contributed by atoms with E-state index in [9.17, 15) is 9.59 Å².